The highest BCUT2D eigenvalue weighted by molar-refractivity contribution is 5.87. The van der Waals surface area contributed by atoms with Crippen LogP contribution in [0.25, 0.3) is 10.9 Å². The first-order valence-electron chi connectivity index (χ1n) is 4.80. The van der Waals surface area contributed by atoms with Gasteiger partial charge in [-0.3, -0.25) is 10.1 Å². The normalized spacial score (nSPS) is 12.6. The van der Waals surface area contributed by atoms with E-state index in [1.807, 2.05) is 0 Å². The summed E-state index contributed by atoms with van der Waals surface area (Å²) in [6.07, 6.45) is 0.778. The molecule has 0 aliphatic heterocycles. The summed E-state index contributed by atoms with van der Waals surface area (Å²) in [7, 11) is 0. The minimum Gasteiger partial charge on any atom is -0.389 e. The Morgan fingerprint density at radius 2 is 2.25 bits per heavy atom. The summed E-state index contributed by atoms with van der Waals surface area (Å²) in [6.45, 7) is 1.57. The predicted molar refractivity (Wildman–Crippen MR) is 59.0 cm³/mol. The lowest BCUT2D eigenvalue weighted by atomic mass is 10.1. The number of nitro benzene ring substituents is 1. The quantitative estimate of drug-likeness (QED) is 0.619. The monoisotopic (exact) mass is 218 g/mol. The number of aliphatic hydroxyl groups is 1. The van der Waals surface area contributed by atoms with Gasteiger partial charge in [-0.1, -0.05) is 6.07 Å². The van der Waals surface area contributed by atoms with E-state index in [2.05, 4.69) is 4.98 Å². The molecule has 0 fully saturated rings. The molecule has 0 aliphatic carbocycles. The Labute approximate surface area is 91.5 Å². The Morgan fingerprint density at radius 3 is 2.88 bits per heavy atom. The van der Waals surface area contributed by atoms with Crippen molar-refractivity contribution >= 4 is 16.6 Å². The highest BCUT2D eigenvalue weighted by Crippen LogP contribution is 2.28. The highest BCUT2D eigenvalue weighted by atomic mass is 16.6. The van der Waals surface area contributed by atoms with Crippen molar-refractivity contribution in [2.45, 2.75) is 13.0 Å². The SMILES string of the molecule is CC(O)c1cc([N+](=O)[O-])c2ncccc2c1. The Balaban J connectivity index is 2.79. The van der Waals surface area contributed by atoms with Crippen LogP contribution in [0.2, 0.25) is 0 Å². The van der Waals surface area contributed by atoms with Crippen LogP contribution in [0.15, 0.2) is 30.5 Å². The van der Waals surface area contributed by atoms with Gasteiger partial charge < -0.3 is 5.11 Å². The largest absolute Gasteiger partial charge is 0.389 e. The van der Waals surface area contributed by atoms with E-state index in [1.165, 1.54) is 12.3 Å². The van der Waals surface area contributed by atoms with Crippen molar-refractivity contribution in [2.75, 3.05) is 0 Å². The first kappa shape index (κ1) is 10.5. The van der Waals surface area contributed by atoms with Crippen LogP contribution in [0.5, 0.6) is 0 Å². The fraction of sp³-hybridized carbons (Fsp3) is 0.182. The van der Waals surface area contributed by atoms with Crippen LogP contribution >= 0.6 is 0 Å². The van der Waals surface area contributed by atoms with E-state index < -0.39 is 11.0 Å². The van der Waals surface area contributed by atoms with Gasteiger partial charge in [0.25, 0.3) is 5.69 Å². The van der Waals surface area contributed by atoms with E-state index >= 15 is 0 Å². The topological polar surface area (TPSA) is 76.3 Å². The summed E-state index contributed by atoms with van der Waals surface area (Å²) < 4.78 is 0. The summed E-state index contributed by atoms with van der Waals surface area (Å²) in [5.41, 5.74) is 0.790. The molecule has 0 aliphatic rings. The molecule has 16 heavy (non-hydrogen) atoms. The van der Waals surface area contributed by atoms with Gasteiger partial charge in [0.15, 0.2) is 0 Å². The Kier molecular flexibility index (Phi) is 2.54. The zero-order valence-corrected chi connectivity index (χ0v) is 8.62. The van der Waals surface area contributed by atoms with Crippen molar-refractivity contribution in [3.8, 4) is 0 Å². The molecule has 0 saturated heterocycles. The number of rotatable bonds is 2. The number of hydrogen-bond donors (Lipinski definition) is 1. The number of aliphatic hydroxyl groups excluding tert-OH is 1. The number of aromatic nitrogens is 1. The van der Waals surface area contributed by atoms with Crippen LogP contribution in [0.4, 0.5) is 5.69 Å². The van der Waals surface area contributed by atoms with E-state index in [-0.39, 0.29) is 5.69 Å². The van der Waals surface area contributed by atoms with Crippen LogP contribution in [0, 0.1) is 10.1 Å². The van der Waals surface area contributed by atoms with Gasteiger partial charge in [-0.15, -0.1) is 0 Å². The minimum absolute atomic E-state index is 0.0750. The van der Waals surface area contributed by atoms with Crippen molar-refractivity contribution in [2.24, 2.45) is 0 Å². The molecule has 0 saturated carbocycles. The lowest BCUT2D eigenvalue weighted by molar-refractivity contribution is -0.383. The lowest BCUT2D eigenvalue weighted by Crippen LogP contribution is -1.97. The van der Waals surface area contributed by atoms with Gasteiger partial charge in [-0.2, -0.15) is 0 Å². The molecule has 1 N–H and O–H groups in total. The van der Waals surface area contributed by atoms with Gasteiger partial charge in [0, 0.05) is 17.6 Å². The average molecular weight is 218 g/mol. The first-order chi connectivity index (χ1) is 7.59. The molecule has 0 amide bonds. The molecule has 2 aromatic rings. The summed E-state index contributed by atoms with van der Waals surface area (Å²) in [5.74, 6) is 0. The average Bonchev–Trinajstić information content (AvgIpc) is 2.27. The fourth-order valence-corrected chi connectivity index (χ4v) is 1.58. The number of non-ortho nitro benzene ring substituents is 1. The molecule has 0 radical (unpaired) electrons. The summed E-state index contributed by atoms with van der Waals surface area (Å²) in [5, 5.41) is 21.0. The summed E-state index contributed by atoms with van der Waals surface area (Å²) in [4.78, 5) is 14.4. The van der Waals surface area contributed by atoms with E-state index in [9.17, 15) is 15.2 Å². The second kappa shape index (κ2) is 3.86. The number of nitrogens with zero attached hydrogens (tertiary/aromatic N) is 2. The van der Waals surface area contributed by atoms with Gasteiger partial charge in [0.1, 0.15) is 5.52 Å². The van der Waals surface area contributed by atoms with Gasteiger partial charge in [-0.05, 0) is 24.6 Å². The molecule has 1 aromatic heterocycles. The van der Waals surface area contributed by atoms with Crippen molar-refractivity contribution in [1.82, 2.24) is 4.98 Å². The number of hydrogen-bond acceptors (Lipinski definition) is 4. The molecule has 0 bridgehead atoms. The predicted octanol–water partition coefficient (Wildman–Crippen LogP) is 2.20. The second-order valence-corrected chi connectivity index (χ2v) is 3.55. The van der Waals surface area contributed by atoms with Crippen molar-refractivity contribution in [3.05, 3.63) is 46.1 Å². The van der Waals surface area contributed by atoms with Crippen LogP contribution < -0.4 is 0 Å². The molecule has 1 aromatic carbocycles. The standard InChI is InChI=1S/C11H10N2O3/c1-7(14)9-5-8-3-2-4-12-11(8)10(6-9)13(15)16/h2-7,14H,1H3. The molecule has 2 rings (SSSR count). The van der Waals surface area contributed by atoms with Gasteiger partial charge >= 0.3 is 0 Å². The minimum atomic E-state index is -0.733. The van der Waals surface area contributed by atoms with E-state index in [1.54, 1.807) is 25.1 Å². The summed E-state index contributed by atoms with van der Waals surface area (Å²) >= 11 is 0. The lowest BCUT2D eigenvalue weighted by Gasteiger charge is -2.06. The Hall–Kier alpha value is -2.01. The van der Waals surface area contributed by atoms with Gasteiger partial charge in [-0.25, -0.2) is 4.98 Å². The summed E-state index contributed by atoms with van der Waals surface area (Å²) in [6, 6.07) is 6.51. The Bertz CT molecular complexity index is 552. The van der Waals surface area contributed by atoms with Crippen molar-refractivity contribution in [3.63, 3.8) is 0 Å². The van der Waals surface area contributed by atoms with E-state index in [0.717, 1.165) is 0 Å². The molecule has 0 spiro atoms. The third kappa shape index (κ3) is 1.72. The van der Waals surface area contributed by atoms with Gasteiger partial charge in [0.05, 0.1) is 11.0 Å². The highest BCUT2D eigenvalue weighted by Gasteiger charge is 2.16. The van der Waals surface area contributed by atoms with Gasteiger partial charge in [0.2, 0.25) is 0 Å². The van der Waals surface area contributed by atoms with E-state index in [4.69, 9.17) is 0 Å². The maximum absolute atomic E-state index is 10.9. The zero-order valence-electron chi connectivity index (χ0n) is 8.62. The third-order valence-corrected chi connectivity index (χ3v) is 2.39. The van der Waals surface area contributed by atoms with Crippen molar-refractivity contribution < 1.29 is 10.0 Å². The molecule has 1 heterocycles. The van der Waals surface area contributed by atoms with Crippen LogP contribution in [0.3, 0.4) is 0 Å². The number of fused-ring (bicyclic) bond motifs is 1. The van der Waals surface area contributed by atoms with Crippen LogP contribution in [0.1, 0.15) is 18.6 Å². The molecule has 82 valence electrons. The number of pyridine rings is 1. The van der Waals surface area contributed by atoms with Crippen LogP contribution in [-0.2, 0) is 0 Å². The van der Waals surface area contributed by atoms with Crippen LogP contribution in [-0.4, -0.2) is 15.0 Å². The third-order valence-electron chi connectivity index (χ3n) is 2.39. The molecule has 1 unspecified atom stereocenters. The fourth-order valence-electron chi connectivity index (χ4n) is 1.58. The number of nitro groups is 1. The number of benzene rings is 1. The maximum Gasteiger partial charge on any atom is 0.295 e. The molecule has 5 heteroatoms. The maximum atomic E-state index is 10.9. The molecule has 5 nitrogen and oxygen atoms in total. The molecular formula is C11H10N2O3. The Morgan fingerprint density at radius 1 is 1.50 bits per heavy atom. The molecule has 1 atom stereocenters. The smallest absolute Gasteiger partial charge is 0.295 e. The van der Waals surface area contributed by atoms with E-state index in [0.29, 0.717) is 16.5 Å². The zero-order chi connectivity index (χ0) is 11.7. The first-order valence-corrected chi connectivity index (χ1v) is 4.80. The second-order valence-electron chi connectivity index (χ2n) is 3.55. The van der Waals surface area contributed by atoms with Crippen molar-refractivity contribution in [1.29, 1.82) is 0 Å². The molecular weight excluding hydrogens is 208 g/mol.